The van der Waals surface area contributed by atoms with E-state index in [1.165, 1.54) is 25.7 Å². The molecular weight excluding hydrogens is 212 g/mol. The zero-order valence-corrected chi connectivity index (χ0v) is 11.5. The molecule has 2 aliphatic rings. The Kier molecular flexibility index (Phi) is 3.84. The predicted octanol–water partition coefficient (Wildman–Crippen LogP) is 2.83. The molecule has 0 amide bonds. The first-order valence-corrected chi connectivity index (χ1v) is 7.27. The predicted molar refractivity (Wildman–Crippen MR) is 69.6 cm³/mol. The SMILES string of the molecule is CC(CO)C1CCC2(C)CCC(O)C(C)C2C1. The van der Waals surface area contributed by atoms with Crippen molar-refractivity contribution in [1.29, 1.82) is 0 Å². The molecule has 6 atom stereocenters. The maximum Gasteiger partial charge on any atom is 0.0568 e. The van der Waals surface area contributed by atoms with Crippen LogP contribution in [0.5, 0.6) is 0 Å². The highest BCUT2D eigenvalue weighted by Gasteiger charge is 2.47. The van der Waals surface area contributed by atoms with Crippen LogP contribution < -0.4 is 0 Å². The lowest BCUT2D eigenvalue weighted by molar-refractivity contribution is -0.0753. The van der Waals surface area contributed by atoms with Crippen molar-refractivity contribution in [1.82, 2.24) is 0 Å². The van der Waals surface area contributed by atoms with Crippen molar-refractivity contribution in [3.8, 4) is 0 Å². The number of fused-ring (bicyclic) bond motifs is 1. The van der Waals surface area contributed by atoms with Gasteiger partial charge in [-0.2, -0.15) is 0 Å². The molecule has 0 radical (unpaired) electrons. The Labute approximate surface area is 105 Å². The summed E-state index contributed by atoms with van der Waals surface area (Å²) >= 11 is 0. The average molecular weight is 240 g/mol. The Hall–Kier alpha value is -0.0800. The number of hydrogen-bond donors (Lipinski definition) is 2. The van der Waals surface area contributed by atoms with E-state index in [0.29, 0.717) is 35.7 Å². The normalized spacial score (nSPS) is 48.5. The van der Waals surface area contributed by atoms with Gasteiger partial charge in [-0.25, -0.2) is 0 Å². The minimum atomic E-state index is -0.101. The molecule has 2 saturated carbocycles. The molecule has 6 unspecified atom stereocenters. The van der Waals surface area contributed by atoms with Gasteiger partial charge >= 0.3 is 0 Å². The molecule has 0 aromatic rings. The lowest BCUT2D eigenvalue weighted by Gasteiger charge is -2.53. The summed E-state index contributed by atoms with van der Waals surface area (Å²) in [6, 6.07) is 0. The first-order valence-electron chi connectivity index (χ1n) is 7.27. The molecule has 0 aromatic heterocycles. The Morgan fingerprint density at radius 3 is 2.59 bits per heavy atom. The Balaban J connectivity index is 2.10. The lowest BCUT2D eigenvalue weighted by atomic mass is 9.53. The number of rotatable bonds is 2. The second kappa shape index (κ2) is 4.89. The Morgan fingerprint density at radius 1 is 1.29 bits per heavy atom. The van der Waals surface area contributed by atoms with Crippen molar-refractivity contribution in [3.63, 3.8) is 0 Å². The van der Waals surface area contributed by atoms with E-state index in [0.717, 1.165) is 6.42 Å². The van der Waals surface area contributed by atoms with Gasteiger partial charge in [0.25, 0.3) is 0 Å². The average Bonchev–Trinajstić information content (AvgIpc) is 2.33. The van der Waals surface area contributed by atoms with Crippen LogP contribution in [0, 0.1) is 29.1 Å². The van der Waals surface area contributed by atoms with Crippen LogP contribution in [0.25, 0.3) is 0 Å². The van der Waals surface area contributed by atoms with Gasteiger partial charge in [-0.05, 0) is 61.2 Å². The molecule has 0 aliphatic heterocycles. The lowest BCUT2D eigenvalue weighted by Crippen LogP contribution is -2.47. The van der Waals surface area contributed by atoms with E-state index in [2.05, 4.69) is 20.8 Å². The molecular formula is C15H28O2. The summed E-state index contributed by atoms with van der Waals surface area (Å²) in [6.07, 6.45) is 5.81. The molecule has 100 valence electrons. The van der Waals surface area contributed by atoms with Gasteiger partial charge in [-0.15, -0.1) is 0 Å². The van der Waals surface area contributed by atoms with Gasteiger partial charge in [-0.3, -0.25) is 0 Å². The topological polar surface area (TPSA) is 40.5 Å². The molecule has 0 aromatic carbocycles. The fourth-order valence-electron chi connectivity index (χ4n) is 4.26. The van der Waals surface area contributed by atoms with Crippen molar-refractivity contribution < 1.29 is 10.2 Å². The van der Waals surface area contributed by atoms with Crippen LogP contribution in [-0.2, 0) is 0 Å². The Morgan fingerprint density at radius 2 is 1.94 bits per heavy atom. The molecule has 2 heteroatoms. The fraction of sp³-hybridized carbons (Fsp3) is 1.00. The molecule has 2 fully saturated rings. The third kappa shape index (κ3) is 2.39. The monoisotopic (exact) mass is 240 g/mol. The molecule has 2 nitrogen and oxygen atoms in total. The van der Waals surface area contributed by atoms with E-state index in [9.17, 15) is 10.2 Å². The molecule has 0 spiro atoms. The highest BCUT2D eigenvalue weighted by Crippen LogP contribution is 2.54. The van der Waals surface area contributed by atoms with E-state index in [-0.39, 0.29) is 6.10 Å². The number of aliphatic hydroxyl groups is 2. The third-order valence-corrected chi connectivity index (χ3v) is 5.88. The maximum absolute atomic E-state index is 10.1. The highest BCUT2D eigenvalue weighted by molar-refractivity contribution is 4.97. The highest BCUT2D eigenvalue weighted by atomic mass is 16.3. The summed E-state index contributed by atoms with van der Waals surface area (Å²) in [5.74, 6) is 2.16. The largest absolute Gasteiger partial charge is 0.396 e. The third-order valence-electron chi connectivity index (χ3n) is 5.88. The van der Waals surface area contributed by atoms with E-state index in [4.69, 9.17) is 0 Å². The summed E-state index contributed by atoms with van der Waals surface area (Å²) in [7, 11) is 0. The van der Waals surface area contributed by atoms with Crippen molar-refractivity contribution in [2.45, 2.75) is 59.0 Å². The zero-order chi connectivity index (χ0) is 12.6. The number of aliphatic hydroxyl groups excluding tert-OH is 2. The van der Waals surface area contributed by atoms with Crippen LogP contribution in [0.4, 0.5) is 0 Å². The van der Waals surface area contributed by atoms with E-state index >= 15 is 0 Å². The van der Waals surface area contributed by atoms with Crippen molar-refractivity contribution in [3.05, 3.63) is 0 Å². The van der Waals surface area contributed by atoms with Gasteiger partial charge in [0.15, 0.2) is 0 Å². The molecule has 2 N–H and O–H groups in total. The molecule has 0 bridgehead atoms. The minimum absolute atomic E-state index is 0.101. The van der Waals surface area contributed by atoms with Gasteiger partial charge in [0.1, 0.15) is 0 Å². The first-order chi connectivity index (χ1) is 7.98. The fourth-order valence-corrected chi connectivity index (χ4v) is 4.26. The molecule has 0 heterocycles. The zero-order valence-electron chi connectivity index (χ0n) is 11.5. The van der Waals surface area contributed by atoms with Crippen LogP contribution in [-0.4, -0.2) is 22.9 Å². The van der Waals surface area contributed by atoms with Crippen LogP contribution in [0.3, 0.4) is 0 Å². The van der Waals surface area contributed by atoms with Crippen LogP contribution in [0.15, 0.2) is 0 Å². The summed E-state index contributed by atoms with van der Waals surface area (Å²) in [5, 5.41) is 19.4. The molecule has 2 aliphatic carbocycles. The second-order valence-corrected chi connectivity index (χ2v) is 6.92. The number of hydrogen-bond acceptors (Lipinski definition) is 2. The molecule has 17 heavy (non-hydrogen) atoms. The molecule has 0 saturated heterocycles. The van der Waals surface area contributed by atoms with Gasteiger partial charge in [0.2, 0.25) is 0 Å². The quantitative estimate of drug-likeness (QED) is 0.779. The van der Waals surface area contributed by atoms with Crippen LogP contribution >= 0.6 is 0 Å². The van der Waals surface area contributed by atoms with Crippen molar-refractivity contribution in [2.24, 2.45) is 29.1 Å². The van der Waals surface area contributed by atoms with Crippen LogP contribution in [0.2, 0.25) is 0 Å². The second-order valence-electron chi connectivity index (χ2n) is 6.92. The smallest absolute Gasteiger partial charge is 0.0568 e. The van der Waals surface area contributed by atoms with Crippen molar-refractivity contribution in [2.75, 3.05) is 6.61 Å². The standard InChI is InChI=1S/C15H28O2/c1-10(9-16)12-4-6-15(3)7-5-14(17)11(2)13(15)8-12/h10-14,16-17H,4-9H2,1-3H3. The van der Waals surface area contributed by atoms with Gasteiger partial charge in [0, 0.05) is 6.61 Å². The van der Waals surface area contributed by atoms with Crippen LogP contribution in [0.1, 0.15) is 52.9 Å². The summed E-state index contributed by atoms with van der Waals surface area (Å²) < 4.78 is 0. The summed E-state index contributed by atoms with van der Waals surface area (Å²) in [6.45, 7) is 7.11. The summed E-state index contributed by atoms with van der Waals surface area (Å²) in [4.78, 5) is 0. The van der Waals surface area contributed by atoms with Gasteiger partial charge < -0.3 is 10.2 Å². The molecule has 2 rings (SSSR count). The summed E-state index contributed by atoms with van der Waals surface area (Å²) in [5.41, 5.74) is 0.449. The minimum Gasteiger partial charge on any atom is -0.396 e. The van der Waals surface area contributed by atoms with Crippen molar-refractivity contribution >= 4 is 0 Å². The van der Waals surface area contributed by atoms with Gasteiger partial charge in [-0.1, -0.05) is 20.8 Å². The van der Waals surface area contributed by atoms with E-state index in [1.54, 1.807) is 0 Å². The first kappa shape index (κ1) is 13.4. The van der Waals surface area contributed by atoms with Gasteiger partial charge in [0.05, 0.1) is 6.10 Å². The van der Waals surface area contributed by atoms with E-state index in [1.807, 2.05) is 0 Å². The maximum atomic E-state index is 10.1. The Bertz CT molecular complexity index is 266. The van der Waals surface area contributed by atoms with E-state index < -0.39 is 0 Å².